The van der Waals surface area contributed by atoms with Crippen molar-refractivity contribution < 1.29 is 9.90 Å². The van der Waals surface area contributed by atoms with Gasteiger partial charge >= 0.3 is 0 Å². The van der Waals surface area contributed by atoms with Gasteiger partial charge in [0.05, 0.1) is 11.7 Å². The van der Waals surface area contributed by atoms with E-state index in [-0.39, 0.29) is 12.0 Å². The number of rotatable bonds is 4. The van der Waals surface area contributed by atoms with E-state index in [1.165, 1.54) is 0 Å². The van der Waals surface area contributed by atoms with E-state index >= 15 is 0 Å². The van der Waals surface area contributed by atoms with E-state index < -0.39 is 0 Å². The summed E-state index contributed by atoms with van der Waals surface area (Å²) < 4.78 is 2.13. The summed E-state index contributed by atoms with van der Waals surface area (Å²) in [5.41, 5.74) is 1.91. The van der Waals surface area contributed by atoms with Crippen LogP contribution in [0.15, 0.2) is 30.5 Å². The normalized spacial score (nSPS) is 17.6. The number of para-hydroxylation sites is 1. The molecule has 0 bridgehead atoms. The highest BCUT2D eigenvalue weighted by Gasteiger charge is 2.25. The summed E-state index contributed by atoms with van der Waals surface area (Å²) in [6.07, 6.45) is 1.66. The monoisotopic (exact) mass is 315 g/mol. The molecular formula is C18H25N3O2. The van der Waals surface area contributed by atoms with E-state index in [9.17, 15) is 9.90 Å². The van der Waals surface area contributed by atoms with Crippen LogP contribution in [-0.4, -0.2) is 64.2 Å². The topological polar surface area (TPSA) is 48.7 Å². The van der Waals surface area contributed by atoms with Gasteiger partial charge in [-0.15, -0.1) is 0 Å². The predicted molar refractivity (Wildman–Crippen MR) is 91.6 cm³/mol. The first kappa shape index (κ1) is 16.0. The van der Waals surface area contributed by atoms with E-state index in [4.69, 9.17) is 0 Å². The Labute approximate surface area is 137 Å². The van der Waals surface area contributed by atoms with Gasteiger partial charge in [0.15, 0.2) is 0 Å². The number of nitrogens with zero attached hydrogens (tertiary/aromatic N) is 3. The van der Waals surface area contributed by atoms with Crippen molar-refractivity contribution in [2.75, 3.05) is 32.7 Å². The third kappa shape index (κ3) is 3.26. The first-order valence-electron chi connectivity index (χ1n) is 8.37. The van der Waals surface area contributed by atoms with Gasteiger partial charge in [0, 0.05) is 56.4 Å². The molecule has 0 radical (unpaired) electrons. The largest absolute Gasteiger partial charge is 0.392 e. The quantitative estimate of drug-likeness (QED) is 0.936. The lowest BCUT2D eigenvalue weighted by atomic mass is 10.1. The second kappa shape index (κ2) is 6.72. The van der Waals surface area contributed by atoms with Crippen molar-refractivity contribution in [3.63, 3.8) is 0 Å². The number of β-amino-alcohol motifs (C(OH)–C–C–N with tert-alkyl or cyclic N) is 1. The van der Waals surface area contributed by atoms with Gasteiger partial charge in [-0.05, 0) is 19.9 Å². The van der Waals surface area contributed by atoms with Crippen LogP contribution >= 0.6 is 0 Å². The number of piperazine rings is 1. The van der Waals surface area contributed by atoms with Crippen molar-refractivity contribution in [3.8, 4) is 0 Å². The minimum absolute atomic E-state index is 0.116. The molecule has 1 aromatic heterocycles. The Morgan fingerprint density at radius 2 is 1.91 bits per heavy atom. The van der Waals surface area contributed by atoms with Crippen LogP contribution in [-0.2, 0) is 6.54 Å². The van der Waals surface area contributed by atoms with Crippen LogP contribution in [0.1, 0.15) is 24.2 Å². The average molecular weight is 315 g/mol. The van der Waals surface area contributed by atoms with Crippen LogP contribution in [0, 0.1) is 0 Å². The molecule has 1 aromatic carbocycles. The first-order chi connectivity index (χ1) is 11.1. The third-order valence-corrected chi connectivity index (χ3v) is 4.54. The van der Waals surface area contributed by atoms with Gasteiger partial charge < -0.3 is 14.6 Å². The number of amides is 1. The summed E-state index contributed by atoms with van der Waals surface area (Å²) in [5.74, 6) is 0.116. The maximum absolute atomic E-state index is 12.9. The smallest absolute Gasteiger partial charge is 0.256 e. The Bertz CT molecular complexity index is 685. The average Bonchev–Trinajstić information content (AvgIpc) is 2.93. The zero-order valence-corrected chi connectivity index (χ0v) is 13.9. The van der Waals surface area contributed by atoms with Crippen LogP contribution in [0.3, 0.4) is 0 Å². The molecule has 5 heteroatoms. The number of aromatic nitrogens is 1. The number of carbonyl (C=O) groups is 1. The second-order valence-electron chi connectivity index (χ2n) is 6.29. The van der Waals surface area contributed by atoms with Crippen LogP contribution in [0.4, 0.5) is 0 Å². The standard InChI is InChI=1S/C18H25N3O2/c1-3-20-13-16(15-6-4-5-7-17(15)20)18(23)21-10-8-19(9-11-21)12-14(2)22/h4-7,13-14,22H,3,8-12H2,1-2H3/t14-/m1/s1. The van der Waals surface area contributed by atoms with Gasteiger partial charge in [0.1, 0.15) is 0 Å². The van der Waals surface area contributed by atoms with Gasteiger partial charge in [0.25, 0.3) is 5.91 Å². The molecule has 3 rings (SSSR count). The molecule has 1 saturated heterocycles. The third-order valence-electron chi connectivity index (χ3n) is 4.54. The lowest BCUT2D eigenvalue weighted by Gasteiger charge is -2.35. The number of hydrogen-bond acceptors (Lipinski definition) is 3. The fourth-order valence-corrected chi connectivity index (χ4v) is 3.36. The SMILES string of the molecule is CCn1cc(C(=O)N2CCN(C[C@@H](C)O)CC2)c2ccccc21. The van der Waals surface area contributed by atoms with Gasteiger partial charge in [-0.2, -0.15) is 0 Å². The molecule has 2 heterocycles. The molecule has 0 spiro atoms. The maximum atomic E-state index is 12.9. The van der Waals surface area contributed by atoms with Crippen molar-refractivity contribution >= 4 is 16.8 Å². The molecule has 1 atom stereocenters. The summed E-state index contributed by atoms with van der Waals surface area (Å²) in [5, 5.41) is 10.5. The lowest BCUT2D eigenvalue weighted by Crippen LogP contribution is -2.50. The van der Waals surface area contributed by atoms with Gasteiger partial charge in [-0.3, -0.25) is 9.69 Å². The van der Waals surface area contributed by atoms with Crippen molar-refractivity contribution in [2.45, 2.75) is 26.5 Å². The van der Waals surface area contributed by atoms with E-state index in [1.807, 2.05) is 29.3 Å². The number of carbonyl (C=O) groups excluding carboxylic acids is 1. The molecule has 1 fully saturated rings. The summed E-state index contributed by atoms with van der Waals surface area (Å²) in [7, 11) is 0. The predicted octanol–water partition coefficient (Wildman–Crippen LogP) is 1.80. The number of aryl methyl sites for hydroxylation is 1. The molecule has 0 unspecified atom stereocenters. The Kier molecular flexibility index (Phi) is 4.68. The molecule has 1 N–H and O–H groups in total. The molecule has 1 aliphatic rings. The van der Waals surface area contributed by atoms with E-state index in [0.717, 1.165) is 49.2 Å². The minimum Gasteiger partial charge on any atom is -0.392 e. The number of hydrogen-bond donors (Lipinski definition) is 1. The highest BCUT2D eigenvalue weighted by molar-refractivity contribution is 6.07. The van der Waals surface area contributed by atoms with Crippen molar-refractivity contribution in [3.05, 3.63) is 36.0 Å². The molecular weight excluding hydrogens is 290 g/mol. The van der Waals surface area contributed by atoms with Crippen LogP contribution in [0.2, 0.25) is 0 Å². The molecule has 23 heavy (non-hydrogen) atoms. The fourth-order valence-electron chi connectivity index (χ4n) is 3.36. The van der Waals surface area contributed by atoms with Crippen LogP contribution < -0.4 is 0 Å². The number of benzene rings is 1. The molecule has 0 aliphatic carbocycles. The first-order valence-corrected chi connectivity index (χ1v) is 8.37. The number of fused-ring (bicyclic) bond motifs is 1. The number of aliphatic hydroxyl groups is 1. The van der Waals surface area contributed by atoms with Gasteiger partial charge in [-0.25, -0.2) is 0 Å². The Morgan fingerprint density at radius 3 is 2.57 bits per heavy atom. The van der Waals surface area contributed by atoms with Crippen molar-refractivity contribution in [1.29, 1.82) is 0 Å². The molecule has 1 amide bonds. The van der Waals surface area contributed by atoms with E-state index in [2.05, 4.69) is 22.5 Å². The molecule has 2 aromatic rings. The van der Waals surface area contributed by atoms with Crippen LogP contribution in [0.5, 0.6) is 0 Å². The zero-order chi connectivity index (χ0) is 16.4. The Hall–Kier alpha value is -1.85. The zero-order valence-electron chi connectivity index (χ0n) is 13.9. The van der Waals surface area contributed by atoms with E-state index in [1.54, 1.807) is 6.92 Å². The molecule has 1 aliphatic heterocycles. The highest BCUT2D eigenvalue weighted by atomic mass is 16.3. The van der Waals surface area contributed by atoms with Gasteiger partial charge in [0.2, 0.25) is 0 Å². The van der Waals surface area contributed by atoms with E-state index in [0.29, 0.717) is 6.54 Å². The lowest BCUT2D eigenvalue weighted by molar-refractivity contribution is 0.0555. The number of aliphatic hydroxyl groups excluding tert-OH is 1. The minimum atomic E-state index is -0.320. The molecule has 5 nitrogen and oxygen atoms in total. The summed E-state index contributed by atoms with van der Waals surface area (Å²) >= 11 is 0. The van der Waals surface area contributed by atoms with Crippen molar-refractivity contribution in [2.24, 2.45) is 0 Å². The van der Waals surface area contributed by atoms with Crippen LogP contribution in [0.25, 0.3) is 10.9 Å². The summed E-state index contributed by atoms with van der Waals surface area (Å²) in [4.78, 5) is 17.1. The summed E-state index contributed by atoms with van der Waals surface area (Å²) in [6, 6.07) is 8.09. The molecule has 0 saturated carbocycles. The van der Waals surface area contributed by atoms with Gasteiger partial charge in [-0.1, -0.05) is 18.2 Å². The Morgan fingerprint density at radius 1 is 1.22 bits per heavy atom. The maximum Gasteiger partial charge on any atom is 0.256 e. The summed E-state index contributed by atoms with van der Waals surface area (Å²) in [6.45, 7) is 8.51. The second-order valence-corrected chi connectivity index (χ2v) is 6.29. The van der Waals surface area contributed by atoms with Crippen molar-refractivity contribution in [1.82, 2.24) is 14.4 Å². The molecule has 124 valence electrons. The Balaban J connectivity index is 1.77. The highest BCUT2D eigenvalue weighted by Crippen LogP contribution is 2.23. The fraction of sp³-hybridized carbons (Fsp3) is 0.500.